The molecule has 0 saturated carbocycles. The Kier molecular flexibility index (Phi) is 4.40. The molecule has 2 nitrogen and oxygen atoms in total. The maximum atomic E-state index is 13.8. The molecule has 21 heavy (non-hydrogen) atoms. The molecule has 0 fully saturated rings. The second kappa shape index (κ2) is 6.28. The fourth-order valence-electron chi connectivity index (χ4n) is 2.64. The highest BCUT2D eigenvalue weighted by Gasteiger charge is 2.20. The zero-order valence-corrected chi connectivity index (χ0v) is 13.8. The van der Waals surface area contributed by atoms with Gasteiger partial charge in [-0.3, -0.25) is 4.79 Å². The summed E-state index contributed by atoms with van der Waals surface area (Å²) >= 11 is 4.86. The average Bonchev–Trinajstić information content (AvgIpc) is 2.71. The normalized spacial score (nSPS) is 14.4. The lowest BCUT2D eigenvalue weighted by molar-refractivity contribution is 0.102. The fraction of sp³-hybridized carbons (Fsp3) is 0.312. The van der Waals surface area contributed by atoms with Crippen LogP contribution in [-0.2, 0) is 12.8 Å². The Morgan fingerprint density at radius 1 is 1.24 bits per heavy atom. The van der Waals surface area contributed by atoms with Crippen LogP contribution in [0.4, 0.5) is 10.1 Å². The number of anilines is 1. The number of thiophene rings is 1. The van der Waals surface area contributed by atoms with Crippen LogP contribution < -0.4 is 5.32 Å². The van der Waals surface area contributed by atoms with E-state index in [0.717, 1.165) is 24.8 Å². The number of carbonyl (C=O) groups is 1. The highest BCUT2D eigenvalue weighted by atomic mass is 79.9. The van der Waals surface area contributed by atoms with Gasteiger partial charge in [-0.15, -0.1) is 11.3 Å². The van der Waals surface area contributed by atoms with Gasteiger partial charge < -0.3 is 5.32 Å². The van der Waals surface area contributed by atoms with Crippen molar-refractivity contribution < 1.29 is 9.18 Å². The topological polar surface area (TPSA) is 29.1 Å². The number of rotatable bonds is 2. The highest BCUT2D eigenvalue weighted by molar-refractivity contribution is 9.10. The largest absolute Gasteiger partial charge is 0.319 e. The van der Waals surface area contributed by atoms with E-state index in [1.54, 1.807) is 23.5 Å². The van der Waals surface area contributed by atoms with Crippen molar-refractivity contribution in [1.29, 1.82) is 0 Å². The predicted molar refractivity (Wildman–Crippen MR) is 87.6 cm³/mol. The molecule has 0 spiro atoms. The molecule has 1 N–H and O–H groups in total. The Balaban J connectivity index is 1.84. The average molecular weight is 368 g/mol. The summed E-state index contributed by atoms with van der Waals surface area (Å²) in [4.78, 5) is 13.7. The van der Waals surface area contributed by atoms with E-state index >= 15 is 0 Å². The van der Waals surface area contributed by atoms with Gasteiger partial charge >= 0.3 is 0 Å². The quantitative estimate of drug-likeness (QED) is 0.728. The molecule has 1 heterocycles. The van der Waals surface area contributed by atoms with Crippen LogP contribution in [0.1, 0.15) is 40.1 Å². The van der Waals surface area contributed by atoms with Crippen molar-refractivity contribution in [2.45, 2.75) is 32.1 Å². The van der Waals surface area contributed by atoms with Crippen molar-refractivity contribution in [1.82, 2.24) is 0 Å². The third-order valence-corrected chi connectivity index (χ3v) is 5.32. The lowest BCUT2D eigenvalue weighted by Gasteiger charge is -2.08. The van der Waals surface area contributed by atoms with Gasteiger partial charge in [0.2, 0.25) is 0 Å². The molecule has 0 bridgehead atoms. The van der Waals surface area contributed by atoms with Gasteiger partial charge in [-0.25, -0.2) is 4.39 Å². The van der Waals surface area contributed by atoms with Gasteiger partial charge in [-0.05, 0) is 49.4 Å². The van der Waals surface area contributed by atoms with Crippen LogP contribution in [0.5, 0.6) is 0 Å². The Morgan fingerprint density at radius 2 is 2.05 bits per heavy atom. The molecule has 3 rings (SSSR count). The van der Waals surface area contributed by atoms with E-state index in [2.05, 4.69) is 21.2 Å². The van der Waals surface area contributed by atoms with E-state index in [1.165, 1.54) is 23.8 Å². The third kappa shape index (κ3) is 3.19. The second-order valence-electron chi connectivity index (χ2n) is 5.19. The van der Waals surface area contributed by atoms with Crippen LogP contribution in [0.15, 0.2) is 28.1 Å². The van der Waals surface area contributed by atoms with Crippen molar-refractivity contribution in [3.8, 4) is 0 Å². The summed E-state index contributed by atoms with van der Waals surface area (Å²) in [5.74, 6) is -0.644. The van der Waals surface area contributed by atoms with E-state index in [-0.39, 0.29) is 11.6 Å². The molecule has 0 radical (unpaired) electrons. The SMILES string of the molecule is O=C(Nc1ccc(Br)cc1F)c1csc2c1CCCCC2. The molecule has 2 aromatic rings. The minimum Gasteiger partial charge on any atom is -0.319 e. The van der Waals surface area contributed by atoms with Gasteiger partial charge in [-0.2, -0.15) is 0 Å². The lowest BCUT2D eigenvalue weighted by atomic mass is 10.1. The summed E-state index contributed by atoms with van der Waals surface area (Å²) in [6.45, 7) is 0. The molecule has 1 aliphatic carbocycles. The van der Waals surface area contributed by atoms with Gasteiger partial charge in [-0.1, -0.05) is 22.4 Å². The Hall–Kier alpha value is -1.20. The molecule has 1 amide bonds. The summed E-state index contributed by atoms with van der Waals surface area (Å²) in [7, 11) is 0. The number of halogens is 2. The first-order chi connectivity index (χ1) is 10.1. The van der Waals surface area contributed by atoms with Gasteiger partial charge in [0.05, 0.1) is 11.3 Å². The molecule has 0 unspecified atom stereocenters. The number of amides is 1. The van der Waals surface area contributed by atoms with Gasteiger partial charge in [0.15, 0.2) is 0 Å². The molecular formula is C16H15BrFNOS. The fourth-order valence-corrected chi connectivity index (χ4v) is 4.10. The Morgan fingerprint density at radius 3 is 2.86 bits per heavy atom. The van der Waals surface area contributed by atoms with Gasteiger partial charge in [0, 0.05) is 14.7 Å². The van der Waals surface area contributed by atoms with Crippen LogP contribution >= 0.6 is 27.3 Å². The number of hydrogen-bond acceptors (Lipinski definition) is 2. The van der Waals surface area contributed by atoms with Crippen LogP contribution in [-0.4, -0.2) is 5.91 Å². The summed E-state index contributed by atoms with van der Waals surface area (Å²) < 4.78 is 14.5. The number of nitrogens with one attached hydrogen (secondary N) is 1. The molecule has 110 valence electrons. The molecule has 1 aliphatic rings. The summed E-state index contributed by atoms with van der Waals surface area (Å²) in [6, 6.07) is 4.64. The van der Waals surface area contributed by atoms with Crippen LogP contribution in [0.2, 0.25) is 0 Å². The van der Waals surface area contributed by atoms with Crippen molar-refractivity contribution >= 4 is 38.9 Å². The number of benzene rings is 1. The summed E-state index contributed by atoms with van der Waals surface area (Å²) in [5.41, 5.74) is 2.09. The Labute approximate surface area is 135 Å². The second-order valence-corrected chi connectivity index (χ2v) is 7.07. The third-order valence-electron chi connectivity index (χ3n) is 3.74. The maximum absolute atomic E-state index is 13.8. The number of fused-ring (bicyclic) bond motifs is 1. The molecular weight excluding hydrogens is 353 g/mol. The number of aryl methyl sites for hydroxylation is 1. The highest BCUT2D eigenvalue weighted by Crippen LogP contribution is 2.30. The van der Waals surface area contributed by atoms with Gasteiger partial charge in [0.1, 0.15) is 5.82 Å². The zero-order valence-electron chi connectivity index (χ0n) is 11.4. The van der Waals surface area contributed by atoms with E-state index < -0.39 is 5.82 Å². The van der Waals surface area contributed by atoms with Crippen LogP contribution in [0, 0.1) is 5.82 Å². The van der Waals surface area contributed by atoms with Crippen LogP contribution in [0.25, 0.3) is 0 Å². The minimum absolute atomic E-state index is 0.212. The first-order valence-electron chi connectivity index (χ1n) is 7.01. The van der Waals surface area contributed by atoms with Crippen molar-refractivity contribution in [2.24, 2.45) is 0 Å². The van der Waals surface area contributed by atoms with E-state index in [1.807, 2.05) is 5.38 Å². The molecule has 0 atom stereocenters. The zero-order chi connectivity index (χ0) is 14.8. The van der Waals surface area contributed by atoms with E-state index in [0.29, 0.717) is 10.0 Å². The van der Waals surface area contributed by atoms with Gasteiger partial charge in [0.25, 0.3) is 5.91 Å². The number of carbonyl (C=O) groups excluding carboxylic acids is 1. The Bertz CT molecular complexity index is 683. The van der Waals surface area contributed by atoms with Crippen molar-refractivity contribution in [2.75, 3.05) is 5.32 Å². The first kappa shape index (κ1) is 14.7. The van der Waals surface area contributed by atoms with Crippen molar-refractivity contribution in [3.63, 3.8) is 0 Å². The minimum atomic E-state index is -0.431. The molecule has 1 aromatic heterocycles. The predicted octanol–water partition coefficient (Wildman–Crippen LogP) is 5.17. The molecule has 0 aliphatic heterocycles. The van der Waals surface area contributed by atoms with Crippen molar-refractivity contribution in [3.05, 3.63) is 49.9 Å². The van der Waals surface area contributed by atoms with E-state index in [9.17, 15) is 9.18 Å². The molecule has 5 heteroatoms. The molecule has 0 saturated heterocycles. The first-order valence-corrected chi connectivity index (χ1v) is 8.68. The lowest BCUT2D eigenvalue weighted by Crippen LogP contribution is -2.14. The van der Waals surface area contributed by atoms with Crippen LogP contribution in [0.3, 0.4) is 0 Å². The number of hydrogen-bond donors (Lipinski definition) is 1. The standard InChI is InChI=1S/C16H15BrFNOS/c17-10-6-7-14(13(18)8-10)19-16(20)12-9-21-15-5-3-1-2-4-11(12)15/h6-9H,1-5H2,(H,19,20). The summed E-state index contributed by atoms with van der Waals surface area (Å²) in [6.07, 6.45) is 5.53. The van der Waals surface area contributed by atoms with E-state index in [4.69, 9.17) is 0 Å². The monoisotopic (exact) mass is 367 g/mol. The maximum Gasteiger partial charge on any atom is 0.256 e. The molecule has 1 aromatic carbocycles. The smallest absolute Gasteiger partial charge is 0.256 e. The summed E-state index contributed by atoms with van der Waals surface area (Å²) in [5, 5.41) is 4.59.